The minimum Gasteiger partial charge on any atom is -0.496 e. The molecule has 0 fully saturated rings. The summed E-state index contributed by atoms with van der Waals surface area (Å²) >= 11 is 1.83. The lowest BCUT2D eigenvalue weighted by Gasteiger charge is -2.05. The number of Topliss-reactive ketones (excluding diaryl/α,β-unsaturated/α-hetero) is 1. The lowest BCUT2D eigenvalue weighted by atomic mass is 10.1. The Bertz CT molecular complexity index is 350. The summed E-state index contributed by atoms with van der Waals surface area (Å²) in [6.07, 6.45) is 0. The Morgan fingerprint density at radius 3 is 2.62 bits per heavy atom. The number of halogens is 2. The van der Waals surface area contributed by atoms with Gasteiger partial charge in [0.25, 0.3) is 0 Å². The van der Waals surface area contributed by atoms with E-state index in [0.717, 1.165) is 0 Å². The number of ketones is 1. The molecule has 13 heavy (non-hydrogen) atoms. The molecule has 0 aromatic heterocycles. The molecule has 0 saturated carbocycles. The van der Waals surface area contributed by atoms with Gasteiger partial charge in [0.2, 0.25) is 0 Å². The predicted octanol–water partition coefficient (Wildman–Crippen LogP) is 2.64. The Morgan fingerprint density at radius 1 is 1.54 bits per heavy atom. The van der Waals surface area contributed by atoms with Gasteiger partial charge < -0.3 is 4.74 Å². The Kier molecular flexibility index (Phi) is 3.24. The Labute approximate surface area is 89.2 Å². The van der Waals surface area contributed by atoms with Crippen LogP contribution in [-0.2, 0) is 0 Å². The zero-order valence-corrected chi connectivity index (χ0v) is 9.38. The number of hydrogen-bond donors (Lipinski definition) is 0. The molecule has 0 aliphatic heterocycles. The molecule has 1 aromatic carbocycles. The monoisotopic (exact) mass is 294 g/mol. The molecule has 1 aromatic rings. The Balaban J connectivity index is 3.30. The van der Waals surface area contributed by atoms with Crippen LogP contribution in [-0.4, -0.2) is 12.9 Å². The van der Waals surface area contributed by atoms with Crippen molar-refractivity contribution < 1.29 is 13.9 Å². The third kappa shape index (κ3) is 2.18. The Morgan fingerprint density at radius 2 is 2.15 bits per heavy atom. The molecular formula is C9H8FIO2. The first-order valence-corrected chi connectivity index (χ1v) is 4.68. The van der Waals surface area contributed by atoms with Gasteiger partial charge >= 0.3 is 0 Å². The van der Waals surface area contributed by atoms with E-state index in [0.29, 0.717) is 14.9 Å². The van der Waals surface area contributed by atoms with Crippen LogP contribution in [0.1, 0.15) is 17.3 Å². The van der Waals surface area contributed by atoms with Gasteiger partial charge in [-0.2, -0.15) is 0 Å². The highest BCUT2D eigenvalue weighted by molar-refractivity contribution is 14.1. The second kappa shape index (κ2) is 4.04. The van der Waals surface area contributed by atoms with E-state index in [2.05, 4.69) is 0 Å². The fourth-order valence-electron chi connectivity index (χ4n) is 0.916. The lowest BCUT2D eigenvalue weighted by molar-refractivity contribution is 0.101. The molecule has 0 aliphatic rings. The highest BCUT2D eigenvalue weighted by Gasteiger charge is 2.10. The van der Waals surface area contributed by atoms with Crippen LogP contribution in [0, 0.1) is 9.39 Å². The molecule has 0 aliphatic carbocycles. The molecule has 0 amide bonds. The minimum atomic E-state index is -0.426. The zero-order chi connectivity index (χ0) is 10.0. The predicted molar refractivity (Wildman–Crippen MR) is 55.7 cm³/mol. The number of methoxy groups -OCH3 is 1. The third-order valence-electron chi connectivity index (χ3n) is 1.62. The molecular weight excluding hydrogens is 286 g/mol. The third-order valence-corrected chi connectivity index (χ3v) is 2.67. The van der Waals surface area contributed by atoms with Crippen molar-refractivity contribution in [1.82, 2.24) is 0 Å². The normalized spacial score (nSPS) is 9.85. The highest BCUT2D eigenvalue weighted by Crippen LogP contribution is 2.25. The van der Waals surface area contributed by atoms with Gasteiger partial charge in [-0.25, -0.2) is 4.39 Å². The van der Waals surface area contributed by atoms with Crippen LogP contribution in [0.2, 0.25) is 0 Å². The maximum atomic E-state index is 13.1. The summed E-state index contributed by atoms with van der Waals surface area (Å²) in [5.74, 6) is -0.204. The van der Waals surface area contributed by atoms with E-state index in [4.69, 9.17) is 4.74 Å². The van der Waals surface area contributed by atoms with Crippen molar-refractivity contribution >= 4 is 28.4 Å². The van der Waals surface area contributed by atoms with E-state index in [9.17, 15) is 9.18 Å². The van der Waals surface area contributed by atoms with Gasteiger partial charge in [-0.05, 0) is 41.6 Å². The molecule has 70 valence electrons. The van der Waals surface area contributed by atoms with Gasteiger partial charge in [0.15, 0.2) is 5.78 Å². The van der Waals surface area contributed by atoms with Crippen molar-refractivity contribution in [2.75, 3.05) is 7.11 Å². The van der Waals surface area contributed by atoms with Crippen LogP contribution in [0.15, 0.2) is 12.1 Å². The smallest absolute Gasteiger partial charge is 0.160 e. The van der Waals surface area contributed by atoms with E-state index >= 15 is 0 Å². The van der Waals surface area contributed by atoms with Gasteiger partial charge in [0.05, 0.1) is 10.7 Å². The lowest BCUT2D eigenvalue weighted by Crippen LogP contribution is -1.98. The van der Waals surface area contributed by atoms with Crippen LogP contribution in [0.4, 0.5) is 4.39 Å². The number of carbonyl (C=O) groups excluding carboxylic acids is 1. The van der Waals surface area contributed by atoms with Crippen molar-refractivity contribution in [3.63, 3.8) is 0 Å². The second-order valence-corrected chi connectivity index (χ2v) is 3.61. The maximum Gasteiger partial charge on any atom is 0.160 e. The van der Waals surface area contributed by atoms with E-state index in [1.807, 2.05) is 22.6 Å². The molecule has 0 spiro atoms. The van der Waals surface area contributed by atoms with E-state index < -0.39 is 5.82 Å². The molecule has 0 heterocycles. The van der Waals surface area contributed by atoms with Crippen LogP contribution in [0.25, 0.3) is 0 Å². The summed E-state index contributed by atoms with van der Waals surface area (Å²) in [5.41, 5.74) is 0.328. The highest BCUT2D eigenvalue weighted by atomic mass is 127. The average molecular weight is 294 g/mol. The molecule has 0 unspecified atom stereocenters. The molecule has 0 radical (unpaired) electrons. The summed E-state index contributed by atoms with van der Waals surface area (Å²) in [6.45, 7) is 1.39. The maximum absolute atomic E-state index is 13.1. The fraction of sp³-hybridized carbons (Fsp3) is 0.222. The van der Waals surface area contributed by atoms with E-state index in [1.165, 1.54) is 26.2 Å². The summed E-state index contributed by atoms with van der Waals surface area (Å²) in [5, 5.41) is 0. The summed E-state index contributed by atoms with van der Waals surface area (Å²) in [6, 6.07) is 2.75. The summed E-state index contributed by atoms with van der Waals surface area (Å²) < 4.78 is 18.5. The molecule has 0 N–H and O–H groups in total. The first-order valence-electron chi connectivity index (χ1n) is 3.60. The van der Waals surface area contributed by atoms with Gasteiger partial charge in [0, 0.05) is 5.56 Å². The largest absolute Gasteiger partial charge is 0.496 e. The van der Waals surface area contributed by atoms with Crippen LogP contribution < -0.4 is 4.74 Å². The Hall–Kier alpha value is -0.650. The van der Waals surface area contributed by atoms with Crippen molar-refractivity contribution in [3.05, 3.63) is 27.1 Å². The van der Waals surface area contributed by atoms with Crippen LogP contribution in [0.5, 0.6) is 5.75 Å². The number of rotatable bonds is 2. The fourth-order valence-corrected chi connectivity index (χ4v) is 1.45. The molecule has 0 bridgehead atoms. The van der Waals surface area contributed by atoms with Gasteiger partial charge in [0.1, 0.15) is 11.6 Å². The standard InChI is InChI=1S/C9H8FIO2/c1-5(12)6-3-7(10)9(11)8(4-6)13-2/h3-4H,1-2H3. The topological polar surface area (TPSA) is 26.3 Å². The van der Waals surface area contributed by atoms with Crippen molar-refractivity contribution in [3.8, 4) is 5.75 Å². The second-order valence-electron chi connectivity index (χ2n) is 2.53. The number of carbonyl (C=O) groups is 1. The molecule has 0 saturated heterocycles. The first-order chi connectivity index (χ1) is 6.06. The SMILES string of the molecule is COc1cc(C(C)=O)cc(F)c1I. The van der Waals surface area contributed by atoms with Crippen LogP contribution in [0.3, 0.4) is 0 Å². The number of hydrogen-bond acceptors (Lipinski definition) is 2. The van der Waals surface area contributed by atoms with E-state index in [-0.39, 0.29) is 5.78 Å². The van der Waals surface area contributed by atoms with Gasteiger partial charge in [-0.3, -0.25) is 4.79 Å². The summed E-state index contributed by atoms with van der Waals surface area (Å²) in [7, 11) is 1.45. The molecule has 4 heteroatoms. The number of benzene rings is 1. The van der Waals surface area contributed by atoms with Crippen molar-refractivity contribution in [2.24, 2.45) is 0 Å². The van der Waals surface area contributed by atoms with Crippen molar-refractivity contribution in [1.29, 1.82) is 0 Å². The molecule has 2 nitrogen and oxygen atoms in total. The summed E-state index contributed by atoms with van der Waals surface area (Å²) in [4.78, 5) is 11.0. The van der Waals surface area contributed by atoms with Crippen molar-refractivity contribution in [2.45, 2.75) is 6.92 Å². The van der Waals surface area contributed by atoms with Crippen LogP contribution >= 0.6 is 22.6 Å². The quantitative estimate of drug-likeness (QED) is 0.619. The first kappa shape index (κ1) is 10.4. The minimum absolute atomic E-state index is 0.173. The zero-order valence-electron chi connectivity index (χ0n) is 7.23. The van der Waals surface area contributed by atoms with Gasteiger partial charge in [-0.15, -0.1) is 0 Å². The molecule has 0 atom stereocenters. The average Bonchev–Trinajstić information content (AvgIpc) is 2.09. The van der Waals surface area contributed by atoms with Gasteiger partial charge in [-0.1, -0.05) is 0 Å². The van der Waals surface area contributed by atoms with E-state index in [1.54, 1.807) is 0 Å². The number of ether oxygens (including phenoxy) is 1. The molecule has 1 rings (SSSR count).